The molecule has 3 heterocycles. The highest BCUT2D eigenvalue weighted by atomic mass is 32.2. The molecule has 1 aromatic carbocycles. The molecule has 2 aliphatic rings. The van der Waals surface area contributed by atoms with Gasteiger partial charge in [-0.15, -0.1) is 0 Å². The van der Waals surface area contributed by atoms with Crippen molar-refractivity contribution in [1.29, 1.82) is 0 Å². The van der Waals surface area contributed by atoms with E-state index in [9.17, 15) is 0 Å². The maximum Gasteiger partial charge on any atom is 0.226 e. The quantitative estimate of drug-likeness (QED) is 0.491. The number of nitrogen functional groups attached to an aromatic ring is 1. The molecule has 7 nitrogen and oxygen atoms in total. The topological polar surface area (TPSA) is 92.0 Å². The molecule has 8 heteroatoms. The predicted octanol–water partition coefficient (Wildman–Crippen LogP) is 3.71. The number of nitrogens with zero attached hydrogens (tertiary/aromatic N) is 4. The van der Waals surface area contributed by atoms with Gasteiger partial charge in [0.15, 0.2) is 5.65 Å². The molecule has 5 rings (SSSR count). The Bertz CT molecular complexity index is 1110. The van der Waals surface area contributed by atoms with E-state index in [4.69, 9.17) is 15.7 Å². The number of aryl methyl sites for hydroxylation is 2. The monoisotopic (exact) mass is 449 g/mol. The lowest BCUT2D eigenvalue weighted by Gasteiger charge is -2.32. The van der Waals surface area contributed by atoms with Crippen LogP contribution in [-0.4, -0.2) is 46.0 Å². The number of fused-ring (bicyclic) bond motifs is 2. The van der Waals surface area contributed by atoms with E-state index in [0.29, 0.717) is 17.8 Å². The van der Waals surface area contributed by atoms with Crippen molar-refractivity contribution in [1.82, 2.24) is 24.6 Å². The average Bonchev–Trinajstić information content (AvgIpc) is 3.25. The van der Waals surface area contributed by atoms with Crippen LogP contribution in [0.1, 0.15) is 41.6 Å². The van der Waals surface area contributed by atoms with Crippen LogP contribution in [0.25, 0.3) is 11.0 Å². The molecule has 0 saturated carbocycles. The SMILES string of the molecule is CNSc1ccc(CN2CCC(Nc3nc(N)c4c(C)c5c(nc4n3)CCC5)CC2)cc1. The zero-order chi connectivity index (χ0) is 22.1. The second-order valence-corrected chi connectivity index (χ2v) is 9.88. The minimum absolute atomic E-state index is 0.355. The first kappa shape index (κ1) is 21.4. The van der Waals surface area contributed by atoms with Crippen LogP contribution in [0.3, 0.4) is 0 Å². The molecule has 0 amide bonds. The summed E-state index contributed by atoms with van der Waals surface area (Å²) in [6.45, 7) is 5.23. The molecule has 1 saturated heterocycles. The second-order valence-electron chi connectivity index (χ2n) is 8.79. The van der Waals surface area contributed by atoms with Gasteiger partial charge in [0.1, 0.15) is 5.82 Å². The van der Waals surface area contributed by atoms with Gasteiger partial charge in [0.2, 0.25) is 5.95 Å². The van der Waals surface area contributed by atoms with Gasteiger partial charge in [-0.3, -0.25) is 9.62 Å². The van der Waals surface area contributed by atoms with Gasteiger partial charge in [-0.2, -0.15) is 9.97 Å². The lowest BCUT2D eigenvalue weighted by Crippen LogP contribution is -2.39. The Morgan fingerprint density at radius 2 is 1.88 bits per heavy atom. The molecule has 1 aliphatic carbocycles. The van der Waals surface area contributed by atoms with Crippen molar-refractivity contribution in [2.75, 3.05) is 31.2 Å². The molecule has 0 spiro atoms. The number of rotatable bonds is 6. The molecule has 1 aliphatic heterocycles. The maximum absolute atomic E-state index is 6.35. The molecule has 1 fully saturated rings. The molecule has 0 unspecified atom stereocenters. The van der Waals surface area contributed by atoms with Gasteiger partial charge in [0.05, 0.1) is 5.39 Å². The smallest absolute Gasteiger partial charge is 0.226 e. The third-order valence-electron chi connectivity index (χ3n) is 6.65. The largest absolute Gasteiger partial charge is 0.383 e. The number of hydrogen-bond donors (Lipinski definition) is 3. The van der Waals surface area contributed by atoms with Gasteiger partial charge in [-0.25, -0.2) is 4.98 Å². The number of nitrogens with two attached hydrogens (primary N) is 1. The van der Waals surface area contributed by atoms with E-state index in [1.54, 1.807) is 11.9 Å². The number of aromatic nitrogens is 3. The lowest BCUT2D eigenvalue weighted by molar-refractivity contribution is 0.211. The number of nitrogens with one attached hydrogen (secondary N) is 2. The standard InChI is InChI=1S/C24H31N7S/c1-15-19-4-3-5-20(19)28-23-21(15)22(25)29-24(30-23)27-17-10-12-31(13-11-17)14-16-6-8-18(9-7-16)32-26-2/h6-9,17,26H,3-5,10-14H2,1-2H3,(H3,25,27,28,29,30). The number of pyridine rings is 1. The minimum Gasteiger partial charge on any atom is -0.383 e. The summed E-state index contributed by atoms with van der Waals surface area (Å²) in [6, 6.07) is 9.16. The zero-order valence-corrected chi connectivity index (χ0v) is 19.6. The number of hydrogen-bond acceptors (Lipinski definition) is 8. The Hall–Kier alpha value is -2.42. The summed E-state index contributed by atoms with van der Waals surface area (Å²) in [7, 11) is 1.94. The Morgan fingerprint density at radius 3 is 2.62 bits per heavy atom. The summed E-state index contributed by atoms with van der Waals surface area (Å²) in [5.41, 5.74) is 12.2. The molecule has 4 N–H and O–H groups in total. The fourth-order valence-corrected chi connectivity index (χ4v) is 5.47. The first-order chi connectivity index (χ1) is 15.6. The summed E-state index contributed by atoms with van der Waals surface area (Å²) in [4.78, 5) is 17.9. The zero-order valence-electron chi connectivity index (χ0n) is 18.8. The third kappa shape index (κ3) is 4.40. The summed E-state index contributed by atoms with van der Waals surface area (Å²) in [5, 5.41) is 4.45. The van der Waals surface area contributed by atoms with Crippen molar-refractivity contribution in [3.05, 3.63) is 46.6 Å². The summed E-state index contributed by atoms with van der Waals surface area (Å²) >= 11 is 1.64. The first-order valence-corrected chi connectivity index (χ1v) is 12.3. The van der Waals surface area contributed by atoms with Crippen molar-refractivity contribution in [2.45, 2.75) is 56.5 Å². The highest BCUT2D eigenvalue weighted by molar-refractivity contribution is 7.97. The van der Waals surface area contributed by atoms with Crippen LogP contribution in [0.4, 0.5) is 11.8 Å². The van der Waals surface area contributed by atoms with Crippen molar-refractivity contribution in [3.63, 3.8) is 0 Å². The Morgan fingerprint density at radius 1 is 1.09 bits per heavy atom. The molecule has 3 aromatic rings. The van der Waals surface area contributed by atoms with Crippen LogP contribution in [-0.2, 0) is 19.4 Å². The Labute approximate surface area is 193 Å². The van der Waals surface area contributed by atoms with Crippen molar-refractivity contribution >= 4 is 34.7 Å². The number of benzene rings is 1. The van der Waals surface area contributed by atoms with E-state index in [0.717, 1.165) is 62.8 Å². The van der Waals surface area contributed by atoms with E-state index >= 15 is 0 Å². The summed E-state index contributed by atoms with van der Waals surface area (Å²) in [6.07, 6.45) is 5.41. The van der Waals surface area contributed by atoms with E-state index < -0.39 is 0 Å². The fourth-order valence-electron chi connectivity index (χ4n) is 4.96. The van der Waals surface area contributed by atoms with Crippen LogP contribution in [0.15, 0.2) is 29.2 Å². The summed E-state index contributed by atoms with van der Waals surface area (Å²) in [5.74, 6) is 1.14. The van der Waals surface area contributed by atoms with E-state index in [-0.39, 0.29) is 0 Å². The van der Waals surface area contributed by atoms with Crippen LogP contribution in [0.5, 0.6) is 0 Å². The van der Waals surface area contributed by atoms with Gasteiger partial charge >= 0.3 is 0 Å². The molecule has 168 valence electrons. The van der Waals surface area contributed by atoms with Crippen molar-refractivity contribution < 1.29 is 0 Å². The molecule has 0 radical (unpaired) electrons. The third-order valence-corrected chi connectivity index (χ3v) is 7.36. The van der Waals surface area contributed by atoms with Crippen LogP contribution < -0.4 is 15.8 Å². The Balaban J connectivity index is 1.22. The van der Waals surface area contributed by atoms with Gasteiger partial charge in [0.25, 0.3) is 0 Å². The van der Waals surface area contributed by atoms with E-state index in [2.05, 4.69) is 51.1 Å². The average molecular weight is 450 g/mol. The van der Waals surface area contributed by atoms with Crippen LogP contribution in [0, 0.1) is 6.92 Å². The normalized spacial score (nSPS) is 17.1. The molecule has 32 heavy (non-hydrogen) atoms. The minimum atomic E-state index is 0.355. The number of piperidine rings is 1. The molecule has 0 bridgehead atoms. The molecule has 2 aromatic heterocycles. The Kier molecular flexibility index (Phi) is 6.17. The van der Waals surface area contributed by atoms with Crippen molar-refractivity contribution in [3.8, 4) is 0 Å². The van der Waals surface area contributed by atoms with Crippen LogP contribution in [0.2, 0.25) is 0 Å². The number of anilines is 2. The van der Waals surface area contributed by atoms with Gasteiger partial charge in [-0.05, 0) is 86.8 Å². The van der Waals surface area contributed by atoms with Crippen LogP contribution >= 0.6 is 11.9 Å². The fraction of sp³-hybridized carbons (Fsp3) is 0.458. The second kappa shape index (κ2) is 9.21. The predicted molar refractivity (Wildman–Crippen MR) is 132 cm³/mol. The molecular weight excluding hydrogens is 418 g/mol. The first-order valence-electron chi connectivity index (χ1n) is 11.5. The highest BCUT2D eigenvalue weighted by Crippen LogP contribution is 2.31. The molecular formula is C24H31N7S. The lowest BCUT2D eigenvalue weighted by atomic mass is 10.0. The number of likely N-dealkylation sites (tertiary alicyclic amines) is 1. The van der Waals surface area contributed by atoms with Gasteiger partial charge < -0.3 is 11.1 Å². The summed E-state index contributed by atoms with van der Waals surface area (Å²) < 4.78 is 3.11. The van der Waals surface area contributed by atoms with Crippen molar-refractivity contribution in [2.24, 2.45) is 0 Å². The van der Waals surface area contributed by atoms with Gasteiger partial charge in [0, 0.05) is 36.3 Å². The van der Waals surface area contributed by atoms with E-state index in [1.165, 1.54) is 27.3 Å². The molecule has 0 atom stereocenters. The van der Waals surface area contributed by atoms with Gasteiger partial charge in [-0.1, -0.05) is 12.1 Å². The highest BCUT2D eigenvalue weighted by Gasteiger charge is 2.23. The maximum atomic E-state index is 6.35. The van der Waals surface area contributed by atoms with E-state index in [1.807, 2.05) is 7.05 Å².